The predicted octanol–water partition coefficient (Wildman–Crippen LogP) is 9.67. The van der Waals surface area contributed by atoms with E-state index in [1.165, 1.54) is 102 Å². The zero-order valence-corrected chi connectivity index (χ0v) is 22.5. The summed E-state index contributed by atoms with van der Waals surface area (Å²) in [6, 6.07) is 0. The fraction of sp³-hybridized carbons (Fsp3) is 0.562. The molecule has 0 aliphatic rings. The molecular formula is C32H50O3. The van der Waals surface area contributed by atoms with Gasteiger partial charge in [0.2, 0.25) is 0 Å². The molecule has 0 rings (SSSR count). The van der Waals surface area contributed by atoms with Gasteiger partial charge >= 0.3 is 11.9 Å². The number of unbranched alkanes of at least 4 members (excludes halogenated alkanes) is 14. The van der Waals surface area contributed by atoms with Crippen LogP contribution in [0.5, 0.6) is 0 Å². The Hall–Kier alpha value is -2.42. The summed E-state index contributed by atoms with van der Waals surface area (Å²) in [6.07, 6.45) is 41.7. The first kappa shape index (κ1) is 32.6. The van der Waals surface area contributed by atoms with Gasteiger partial charge in [0.25, 0.3) is 0 Å². The third-order valence-electron chi connectivity index (χ3n) is 5.55. The van der Waals surface area contributed by atoms with Crippen molar-refractivity contribution in [1.82, 2.24) is 0 Å². The van der Waals surface area contributed by atoms with E-state index in [0.717, 1.165) is 12.8 Å². The van der Waals surface area contributed by atoms with Gasteiger partial charge in [0.15, 0.2) is 0 Å². The molecule has 0 atom stereocenters. The highest BCUT2D eigenvalue weighted by Gasteiger charge is 2.01. The number of ether oxygens (including phenoxy) is 1. The number of hydrogen-bond donors (Lipinski definition) is 0. The summed E-state index contributed by atoms with van der Waals surface area (Å²) in [5, 5.41) is 0. The van der Waals surface area contributed by atoms with Crippen molar-refractivity contribution in [2.75, 3.05) is 0 Å². The molecule has 0 N–H and O–H groups in total. The highest BCUT2D eigenvalue weighted by molar-refractivity contribution is 5.96. The lowest BCUT2D eigenvalue weighted by Crippen LogP contribution is -2.06. The topological polar surface area (TPSA) is 43.4 Å². The van der Waals surface area contributed by atoms with Crippen LogP contribution in [0, 0.1) is 0 Å². The van der Waals surface area contributed by atoms with E-state index in [9.17, 15) is 9.59 Å². The minimum atomic E-state index is -0.671. The van der Waals surface area contributed by atoms with Gasteiger partial charge in [-0.15, -0.1) is 0 Å². The molecule has 3 nitrogen and oxygen atoms in total. The van der Waals surface area contributed by atoms with E-state index in [-0.39, 0.29) is 0 Å². The summed E-state index contributed by atoms with van der Waals surface area (Å²) in [7, 11) is 0. The Morgan fingerprint density at radius 2 is 0.800 bits per heavy atom. The monoisotopic (exact) mass is 482 g/mol. The summed E-state index contributed by atoms with van der Waals surface area (Å²) in [5.41, 5.74) is 0. The summed E-state index contributed by atoms with van der Waals surface area (Å²) < 4.78 is 4.71. The molecule has 0 aliphatic heterocycles. The van der Waals surface area contributed by atoms with Crippen LogP contribution in [0.25, 0.3) is 0 Å². The third kappa shape index (κ3) is 27.7. The van der Waals surface area contributed by atoms with Gasteiger partial charge in [0, 0.05) is 12.2 Å². The number of rotatable bonds is 22. The summed E-state index contributed by atoms with van der Waals surface area (Å²) in [6.45, 7) is 4.48. The molecule has 0 saturated carbocycles. The van der Waals surface area contributed by atoms with E-state index < -0.39 is 11.9 Å². The van der Waals surface area contributed by atoms with Gasteiger partial charge in [-0.2, -0.15) is 0 Å². The number of esters is 2. The van der Waals surface area contributed by atoms with Gasteiger partial charge in [-0.25, -0.2) is 9.59 Å². The van der Waals surface area contributed by atoms with E-state index in [0.29, 0.717) is 0 Å². The summed E-state index contributed by atoms with van der Waals surface area (Å²) in [4.78, 5) is 23.3. The van der Waals surface area contributed by atoms with Gasteiger partial charge in [0.05, 0.1) is 0 Å². The Bertz CT molecular complexity index is 619. The van der Waals surface area contributed by atoms with Crippen LogP contribution < -0.4 is 0 Å². The minimum Gasteiger partial charge on any atom is -0.387 e. The van der Waals surface area contributed by atoms with E-state index in [4.69, 9.17) is 4.74 Å². The first-order valence-electron chi connectivity index (χ1n) is 14.0. The normalized spacial score (nSPS) is 12.5. The second kappa shape index (κ2) is 27.8. The maximum absolute atomic E-state index is 11.6. The van der Waals surface area contributed by atoms with Crippen LogP contribution in [0.15, 0.2) is 72.9 Å². The van der Waals surface area contributed by atoms with Crippen molar-refractivity contribution in [2.24, 2.45) is 0 Å². The minimum absolute atomic E-state index is 0.671. The molecular weight excluding hydrogens is 432 g/mol. The largest absolute Gasteiger partial charge is 0.387 e. The second-order valence-electron chi connectivity index (χ2n) is 8.90. The fourth-order valence-electron chi connectivity index (χ4n) is 3.48. The molecule has 0 fully saturated rings. The Labute approximate surface area is 215 Å². The van der Waals surface area contributed by atoms with Gasteiger partial charge in [-0.1, -0.05) is 152 Å². The molecule has 0 aliphatic carbocycles. The zero-order valence-electron chi connectivity index (χ0n) is 22.5. The van der Waals surface area contributed by atoms with Crippen LogP contribution in [0.1, 0.15) is 117 Å². The van der Waals surface area contributed by atoms with Crippen LogP contribution >= 0.6 is 0 Å². The molecule has 0 amide bonds. The van der Waals surface area contributed by atoms with Crippen LogP contribution in [0.2, 0.25) is 0 Å². The molecule has 0 unspecified atom stereocenters. The molecule has 0 aromatic heterocycles. The molecule has 0 spiro atoms. The van der Waals surface area contributed by atoms with E-state index >= 15 is 0 Å². The van der Waals surface area contributed by atoms with Gasteiger partial charge in [0.1, 0.15) is 0 Å². The number of allylic oxidation sites excluding steroid dienone is 10. The smallest absolute Gasteiger partial charge is 0.338 e. The second-order valence-corrected chi connectivity index (χ2v) is 8.90. The zero-order chi connectivity index (χ0) is 25.7. The van der Waals surface area contributed by atoms with Crippen molar-refractivity contribution < 1.29 is 14.3 Å². The first-order chi connectivity index (χ1) is 17.2. The van der Waals surface area contributed by atoms with Crippen molar-refractivity contribution >= 4 is 11.9 Å². The Balaban J connectivity index is 3.79. The number of hydrogen-bond acceptors (Lipinski definition) is 3. The quantitative estimate of drug-likeness (QED) is 0.0507. The highest BCUT2D eigenvalue weighted by Crippen LogP contribution is 2.09. The fourth-order valence-corrected chi connectivity index (χ4v) is 3.48. The lowest BCUT2D eigenvalue weighted by Gasteiger charge is -1.98. The Morgan fingerprint density at radius 1 is 0.457 bits per heavy atom. The molecule has 0 aromatic rings. The van der Waals surface area contributed by atoms with Crippen LogP contribution in [0.3, 0.4) is 0 Å². The maximum Gasteiger partial charge on any atom is 0.338 e. The van der Waals surface area contributed by atoms with Crippen molar-refractivity contribution in [1.29, 1.82) is 0 Å². The lowest BCUT2D eigenvalue weighted by atomic mass is 10.1. The summed E-state index contributed by atoms with van der Waals surface area (Å²) in [5.74, 6) is -1.34. The molecule has 0 heterocycles. The molecule has 3 heteroatoms. The molecule has 0 bridgehead atoms. The van der Waals surface area contributed by atoms with E-state index in [1.54, 1.807) is 24.3 Å². The Morgan fingerprint density at radius 3 is 1.20 bits per heavy atom. The standard InChI is InChI=1S/C32H50O3/c1-3-5-7-9-11-13-15-17-19-21-23-25-27-29-31(33)35-32(34)30-28-26-24-22-20-18-16-14-12-10-8-6-4-2/h19-30H,3-18H2,1-2H3/b21-19+,22-20+,25-23+,26-24+,29-27+,30-28+. The molecule has 0 aromatic carbocycles. The molecule has 35 heavy (non-hydrogen) atoms. The number of carbonyl (C=O) groups is 2. The lowest BCUT2D eigenvalue weighted by molar-refractivity contribution is -0.152. The van der Waals surface area contributed by atoms with Crippen molar-refractivity contribution in [3.8, 4) is 0 Å². The van der Waals surface area contributed by atoms with Crippen molar-refractivity contribution in [3.63, 3.8) is 0 Å². The van der Waals surface area contributed by atoms with Crippen molar-refractivity contribution in [3.05, 3.63) is 72.9 Å². The van der Waals surface area contributed by atoms with Crippen molar-refractivity contribution in [2.45, 2.75) is 117 Å². The molecule has 196 valence electrons. The van der Waals surface area contributed by atoms with Gasteiger partial charge < -0.3 is 4.74 Å². The van der Waals surface area contributed by atoms with E-state index in [1.807, 2.05) is 24.3 Å². The predicted molar refractivity (Wildman–Crippen MR) is 151 cm³/mol. The SMILES string of the molecule is CCCCCCCCC/C=C/C=C/C=C/C(=O)OC(=O)/C=C/C=C/C=C/CCCCCCCCC. The first-order valence-corrected chi connectivity index (χ1v) is 14.0. The van der Waals surface area contributed by atoms with Gasteiger partial charge in [-0.3, -0.25) is 0 Å². The average Bonchev–Trinajstić information content (AvgIpc) is 2.85. The average molecular weight is 483 g/mol. The van der Waals surface area contributed by atoms with Gasteiger partial charge in [-0.05, 0) is 25.7 Å². The highest BCUT2D eigenvalue weighted by atomic mass is 16.6. The van der Waals surface area contributed by atoms with Crippen LogP contribution in [-0.4, -0.2) is 11.9 Å². The summed E-state index contributed by atoms with van der Waals surface area (Å²) >= 11 is 0. The number of carbonyl (C=O) groups excluding carboxylic acids is 2. The Kier molecular flexibility index (Phi) is 25.9. The van der Waals surface area contributed by atoms with E-state index in [2.05, 4.69) is 26.0 Å². The van der Waals surface area contributed by atoms with Crippen LogP contribution in [-0.2, 0) is 14.3 Å². The maximum atomic E-state index is 11.6. The van der Waals surface area contributed by atoms with Crippen LogP contribution in [0.4, 0.5) is 0 Å². The molecule has 0 saturated heterocycles. The molecule has 0 radical (unpaired) electrons. The third-order valence-corrected chi connectivity index (χ3v) is 5.55.